The number of non-ortho nitro benzene ring substituents is 1. The molecule has 0 fully saturated rings. The van der Waals surface area contributed by atoms with Gasteiger partial charge in [-0.05, 0) is 13.0 Å². The van der Waals surface area contributed by atoms with Crippen molar-refractivity contribution in [1.82, 2.24) is 9.97 Å². The number of hydrogen-bond acceptors (Lipinski definition) is 6. The number of benzene rings is 1. The molecular weight excluding hydrogens is 234 g/mol. The molecule has 0 bridgehead atoms. The zero-order valence-corrected chi connectivity index (χ0v) is 9.83. The van der Waals surface area contributed by atoms with Crippen molar-refractivity contribution in [2.75, 3.05) is 11.9 Å². The van der Waals surface area contributed by atoms with Crippen LogP contribution in [0.15, 0.2) is 24.5 Å². The van der Waals surface area contributed by atoms with Crippen LogP contribution in [0.4, 0.5) is 11.5 Å². The van der Waals surface area contributed by atoms with Gasteiger partial charge in [0.2, 0.25) is 0 Å². The van der Waals surface area contributed by atoms with Crippen molar-refractivity contribution in [1.29, 1.82) is 0 Å². The zero-order valence-electron chi connectivity index (χ0n) is 9.83. The van der Waals surface area contributed by atoms with E-state index in [-0.39, 0.29) is 11.7 Å². The molecule has 1 atom stereocenters. The standard InChI is InChI=1S/C11H13N5O2/c1-7(12)5-13-11-9-4-8(16(17)18)2-3-10(9)14-6-15-11/h2-4,6-7H,5,12H2,1H3,(H,13,14,15). The number of anilines is 1. The molecule has 1 heterocycles. The van der Waals surface area contributed by atoms with Gasteiger partial charge in [-0.1, -0.05) is 0 Å². The maximum absolute atomic E-state index is 10.7. The van der Waals surface area contributed by atoms with Gasteiger partial charge in [0.15, 0.2) is 0 Å². The predicted molar refractivity (Wildman–Crippen MR) is 68.3 cm³/mol. The van der Waals surface area contributed by atoms with E-state index < -0.39 is 4.92 Å². The maximum atomic E-state index is 10.7. The molecule has 1 aromatic heterocycles. The highest BCUT2D eigenvalue weighted by atomic mass is 16.6. The molecule has 0 aliphatic carbocycles. The molecule has 0 saturated heterocycles. The lowest BCUT2D eigenvalue weighted by atomic mass is 10.2. The first-order valence-corrected chi connectivity index (χ1v) is 5.46. The molecule has 2 aromatic rings. The fourth-order valence-corrected chi connectivity index (χ4v) is 1.56. The number of aromatic nitrogens is 2. The normalized spacial score (nSPS) is 12.3. The third-order valence-electron chi connectivity index (χ3n) is 2.42. The average Bonchev–Trinajstić information content (AvgIpc) is 2.35. The van der Waals surface area contributed by atoms with E-state index in [1.165, 1.54) is 18.5 Å². The lowest BCUT2D eigenvalue weighted by Crippen LogP contribution is -2.25. The highest BCUT2D eigenvalue weighted by molar-refractivity contribution is 5.90. The molecule has 0 spiro atoms. The van der Waals surface area contributed by atoms with Gasteiger partial charge in [-0.25, -0.2) is 9.97 Å². The van der Waals surface area contributed by atoms with E-state index in [1.807, 2.05) is 6.92 Å². The summed E-state index contributed by atoms with van der Waals surface area (Å²) in [6, 6.07) is 4.45. The van der Waals surface area contributed by atoms with Gasteiger partial charge < -0.3 is 11.1 Å². The van der Waals surface area contributed by atoms with E-state index in [0.717, 1.165) is 0 Å². The van der Waals surface area contributed by atoms with E-state index >= 15 is 0 Å². The first kappa shape index (κ1) is 12.2. The summed E-state index contributed by atoms with van der Waals surface area (Å²) in [4.78, 5) is 18.4. The summed E-state index contributed by atoms with van der Waals surface area (Å²) >= 11 is 0. The summed E-state index contributed by atoms with van der Waals surface area (Å²) in [5, 5.41) is 14.4. The maximum Gasteiger partial charge on any atom is 0.270 e. The number of nitrogens with one attached hydrogen (secondary N) is 1. The number of nitrogens with two attached hydrogens (primary N) is 1. The second-order valence-electron chi connectivity index (χ2n) is 4.04. The summed E-state index contributed by atoms with van der Waals surface area (Å²) in [5.74, 6) is 0.556. The molecule has 7 nitrogen and oxygen atoms in total. The Morgan fingerprint density at radius 2 is 2.28 bits per heavy atom. The Labute approximate surface area is 103 Å². The summed E-state index contributed by atoms with van der Waals surface area (Å²) in [5.41, 5.74) is 6.32. The second-order valence-corrected chi connectivity index (χ2v) is 4.04. The number of nitro benzene ring substituents is 1. The fourth-order valence-electron chi connectivity index (χ4n) is 1.56. The van der Waals surface area contributed by atoms with Gasteiger partial charge in [-0.3, -0.25) is 10.1 Å². The van der Waals surface area contributed by atoms with Crippen molar-refractivity contribution in [2.45, 2.75) is 13.0 Å². The highest BCUT2D eigenvalue weighted by Gasteiger charge is 2.10. The minimum atomic E-state index is -0.443. The number of rotatable bonds is 4. The Hall–Kier alpha value is -2.28. The van der Waals surface area contributed by atoms with E-state index in [4.69, 9.17) is 5.73 Å². The average molecular weight is 247 g/mol. The molecule has 1 aromatic carbocycles. The van der Waals surface area contributed by atoms with Gasteiger partial charge in [-0.2, -0.15) is 0 Å². The summed E-state index contributed by atoms with van der Waals surface area (Å²) in [7, 11) is 0. The van der Waals surface area contributed by atoms with Crippen molar-refractivity contribution in [2.24, 2.45) is 5.73 Å². The number of nitrogens with zero attached hydrogens (tertiary/aromatic N) is 3. The van der Waals surface area contributed by atoms with Crippen LogP contribution in [0.5, 0.6) is 0 Å². The van der Waals surface area contributed by atoms with Crippen LogP contribution >= 0.6 is 0 Å². The topological polar surface area (TPSA) is 107 Å². The Morgan fingerprint density at radius 1 is 1.50 bits per heavy atom. The highest BCUT2D eigenvalue weighted by Crippen LogP contribution is 2.23. The monoisotopic (exact) mass is 247 g/mol. The number of fused-ring (bicyclic) bond motifs is 1. The van der Waals surface area contributed by atoms with Gasteiger partial charge in [0.25, 0.3) is 5.69 Å². The van der Waals surface area contributed by atoms with Crippen molar-refractivity contribution in [3.05, 3.63) is 34.6 Å². The molecule has 2 rings (SSSR count). The van der Waals surface area contributed by atoms with E-state index in [0.29, 0.717) is 23.3 Å². The van der Waals surface area contributed by atoms with Crippen molar-refractivity contribution in [3.8, 4) is 0 Å². The van der Waals surface area contributed by atoms with E-state index in [9.17, 15) is 10.1 Å². The van der Waals surface area contributed by atoms with Crippen molar-refractivity contribution < 1.29 is 4.92 Å². The van der Waals surface area contributed by atoms with Crippen LogP contribution in [0.3, 0.4) is 0 Å². The lowest BCUT2D eigenvalue weighted by Gasteiger charge is -2.09. The minimum absolute atomic E-state index is 0.0150. The molecular formula is C11H13N5O2. The van der Waals surface area contributed by atoms with Crippen LogP contribution in [0.2, 0.25) is 0 Å². The molecule has 0 aliphatic heterocycles. The van der Waals surface area contributed by atoms with Gasteiger partial charge in [0.05, 0.1) is 10.4 Å². The largest absolute Gasteiger partial charge is 0.368 e. The fraction of sp³-hybridized carbons (Fsp3) is 0.273. The van der Waals surface area contributed by atoms with Gasteiger partial charge in [-0.15, -0.1) is 0 Å². The van der Waals surface area contributed by atoms with Crippen LogP contribution < -0.4 is 11.1 Å². The zero-order chi connectivity index (χ0) is 13.1. The van der Waals surface area contributed by atoms with Crippen molar-refractivity contribution >= 4 is 22.4 Å². The molecule has 0 amide bonds. The molecule has 94 valence electrons. The van der Waals surface area contributed by atoms with Crippen LogP contribution in [-0.2, 0) is 0 Å². The molecule has 7 heteroatoms. The Kier molecular flexibility index (Phi) is 3.33. The van der Waals surface area contributed by atoms with Crippen LogP contribution in [0, 0.1) is 10.1 Å². The third kappa shape index (κ3) is 2.51. The van der Waals surface area contributed by atoms with Gasteiger partial charge in [0, 0.05) is 30.1 Å². The molecule has 0 aliphatic rings. The summed E-state index contributed by atoms with van der Waals surface area (Å²) < 4.78 is 0. The van der Waals surface area contributed by atoms with Gasteiger partial charge >= 0.3 is 0 Å². The SMILES string of the molecule is CC(N)CNc1ncnc2ccc([N+](=O)[O-])cc12. The van der Waals surface area contributed by atoms with E-state index in [2.05, 4.69) is 15.3 Å². The summed E-state index contributed by atoms with van der Waals surface area (Å²) in [6.45, 7) is 2.40. The third-order valence-corrected chi connectivity index (χ3v) is 2.42. The molecule has 1 unspecified atom stereocenters. The molecule has 0 saturated carbocycles. The quantitative estimate of drug-likeness (QED) is 0.622. The van der Waals surface area contributed by atoms with Gasteiger partial charge in [0.1, 0.15) is 12.1 Å². The predicted octanol–water partition coefficient (Wildman–Crippen LogP) is 1.30. The number of hydrogen-bond donors (Lipinski definition) is 2. The smallest absolute Gasteiger partial charge is 0.270 e. The Morgan fingerprint density at radius 3 is 2.94 bits per heavy atom. The molecule has 18 heavy (non-hydrogen) atoms. The summed E-state index contributed by atoms with van der Waals surface area (Å²) in [6.07, 6.45) is 1.41. The van der Waals surface area contributed by atoms with Crippen molar-refractivity contribution in [3.63, 3.8) is 0 Å². The van der Waals surface area contributed by atoms with Crippen LogP contribution in [0.1, 0.15) is 6.92 Å². The minimum Gasteiger partial charge on any atom is -0.368 e. The molecule has 0 radical (unpaired) electrons. The Bertz CT molecular complexity index is 585. The molecule has 3 N–H and O–H groups in total. The van der Waals surface area contributed by atoms with Crippen LogP contribution in [-0.4, -0.2) is 27.5 Å². The number of nitro groups is 1. The lowest BCUT2D eigenvalue weighted by molar-refractivity contribution is -0.384. The first-order valence-electron chi connectivity index (χ1n) is 5.46. The van der Waals surface area contributed by atoms with E-state index in [1.54, 1.807) is 6.07 Å². The second kappa shape index (κ2) is 4.92. The van der Waals surface area contributed by atoms with Crippen LogP contribution in [0.25, 0.3) is 10.9 Å². The first-order chi connectivity index (χ1) is 8.58. The Balaban J connectivity index is 2.45.